The summed E-state index contributed by atoms with van der Waals surface area (Å²) >= 11 is 0. The highest BCUT2D eigenvalue weighted by atomic mass is 35.5. The molecule has 0 aliphatic carbocycles. The van der Waals surface area contributed by atoms with Gasteiger partial charge in [-0.15, -0.1) is 24.8 Å². The first-order valence-corrected chi connectivity index (χ1v) is 3.65. The van der Waals surface area contributed by atoms with Gasteiger partial charge in [-0.25, -0.2) is 0 Å². The minimum atomic E-state index is 0. The van der Waals surface area contributed by atoms with E-state index < -0.39 is 0 Å². The van der Waals surface area contributed by atoms with E-state index in [1.807, 2.05) is 44.1 Å². The third kappa shape index (κ3) is 3.33. The monoisotopic (exact) mass is 222 g/mol. The Morgan fingerprint density at radius 2 is 1.69 bits per heavy atom. The van der Waals surface area contributed by atoms with Gasteiger partial charge < -0.3 is 10.6 Å². The number of halogens is 2. The van der Waals surface area contributed by atoms with E-state index in [0.717, 1.165) is 16.9 Å². The van der Waals surface area contributed by atoms with Crippen molar-refractivity contribution in [3.05, 3.63) is 23.8 Å². The van der Waals surface area contributed by atoms with Crippen LogP contribution in [-0.2, 0) is 0 Å². The van der Waals surface area contributed by atoms with Crippen LogP contribution in [-0.4, -0.2) is 14.1 Å². The van der Waals surface area contributed by atoms with Gasteiger partial charge in [0.1, 0.15) is 0 Å². The van der Waals surface area contributed by atoms with Gasteiger partial charge in [0, 0.05) is 14.1 Å². The second-order valence-electron chi connectivity index (χ2n) is 2.90. The molecule has 0 saturated heterocycles. The Morgan fingerprint density at radius 3 is 2.08 bits per heavy atom. The zero-order chi connectivity index (χ0) is 8.43. The molecule has 0 fully saturated rings. The molecule has 0 aromatic heterocycles. The Hall–Kier alpha value is -0.600. The van der Waals surface area contributed by atoms with Crippen LogP contribution in [0.1, 0.15) is 5.56 Å². The van der Waals surface area contributed by atoms with E-state index in [2.05, 4.69) is 0 Å². The van der Waals surface area contributed by atoms with E-state index in [0.29, 0.717) is 0 Å². The second kappa shape index (κ2) is 5.95. The van der Waals surface area contributed by atoms with Crippen molar-refractivity contribution in [1.82, 2.24) is 0 Å². The summed E-state index contributed by atoms with van der Waals surface area (Å²) in [4.78, 5) is 2.02. The summed E-state index contributed by atoms with van der Waals surface area (Å²) < 4.78 is 0. The molecule has 2 N–H and O–H groups in total. The van der Waals surface area contributed by atoms with Gasteiger partial charge >= 0.3 is 0 Å². The van der Waals surface area contributed by atoms with Crippen LogP contribution >= 0.6 is 24.8 Å². The van der Waals surface area contributed by atoms with Gasteiger partial charge in [0.15, 0.2) is 0 Å². The third-order valence-corrected chi connectivity index (χ3v) is 1.78. The molecule has 0 aliphatic rings. The lowest BCUT2D eigenvalue weighted by Crippen LogP contribution is -2.11. The Balaban J connectivity index is 0. The van der Waals surface area contributed by atoms with Gasteiger partial charge in [-0.1, -0.05) is 12.1 Å². The number of para-hydroxylation sites is 1. The van der Waals surface area contributed by atoms with Gasteiger partial charge in [-0.05, 0) is 18.6 Å². The molecule has 1 rings (SSSR count). The zero-order valence-corrected chi connectivity index (χ0v) is 9.71. The molecule has 4 heteroatoms. The van der Waals surface area contributed by atoms with E-state index in [1.54, 1.807) is 0 Å². The van der Waals surface area contributed by atoms with Crippen LogP contribution in [0.2, 0.25) is 0 Å². The lowest BCUT2D eigenvalue weighted by atomic mass is 10.1. The summed E-state index contributed by atoms with van der Waals surface area (Å²) in [5.74, 6) is 0. The SMILES string of the molecule is Cc1cccc(N(C)C)c1N.Cl.Cl. The molecule has 0 radical (unpaired) electrons. The minimum absolute atomic E-state index is 0. The maximum Gasteiger partial charge on any atom is 0.0597 e. The van der Waals surface area contributed by atoms with Crippen LogP contribution in [0.15, 0.2) is 18.2 Å². The molecular formula is C9H16Cl2N2. The first-order valence-electron chi connectivity index (χ1n) is 3.65. The van der Waals surface area contributed by atoms with Crippen LogP contribution in [0.25, 0.3) is 0 Å². The van der Waals surface area contributed by atoms with Crippen LogP contribution in [0.5, 0.6) is 0 Å². The summed E-state index contributed by atoms with van der Waals surface area (Å²) in [6.45, 7) is 2.02. The fourth-order valence-electron chi connectivity index (χ4n) is 1.06. The highest BCUT2D eigenvalue weighted by Gasteiger charge is 2.01. The summed E-state index contributed by atoms with van der Waals surface area (Å²) in [6.07, 6.45) is 0. The summed E-state index contributed by atoms with van der Waals surface area (Å²) in [5, 5.41) is 0. The standard InChI is InChI=1S/C9H14N2.2ClH/c1-7-5-4-6-8(9(7)10)11(2)3;;/h4-6H,10H2,1-3H3;2*1H. The van der Waals surface area contributed by atoms with E-state index in [-0.39, 0.29) is 24.8 Å². The Kier molecular flexibility index (Phi) is 6.82. The smallest absolute Gasteiger partial charge is 0.0597 e. The zero-order valence-electron chi connectivity index (χ0n) is 8.07. The fraction of sp³-hybridized carbons (Fsp3) is 0.333. The molecule has 1 aromatic carbocycles. The average molecular weight is 223 g/mol. The van der Waals surface area contributed by atoms with Gasteiger partial charge in [0.05, 0.1) is 11.4 Å². The largest absolute Gasteiger partial charge is 0.397 e. The molecule has 0 heterocycles. The van der Waals surface area contributed by atoms with Crippen molar-refractivity contribution in [2.45, 2.75) is 6.92 Å². The van der Waals surface area contributed by atoms with Gasteiger partial charge in [0.25, 0.3) is 0 Å². The van der Waals surface area contributed by atoms with Crippen LogP contribution < -0.4 is 10.6 Å². The molecule has 2 nitrogen and oxygen atoms in total. The minimum Gasteiger partial charge on any atom is -0.397 e. The highest BCUT2D eigenvalue weighted by Crippen LogP contribution is 2.23. The number of rotatable bonds is 1. The van der Waals surface area contributed by atoms with Gasteiger partial charge in [-0.3, -0.25) is 0 Å². The van der Waals surface area contributed by atoms with E-state index in [4.69, 9.17) is 5.73 Å². The lowest BCUT2D eigenvalue weighted by Gasteiger charge is -2.15. The third-order valence-electron chi connectivity index (χ3n) is 1.78. The number of benzene rings is 1. The molecule has 13 heavy (non-hydrogen) atoms. The maximum absolute atomic E-state index is 5.84. The number of nitrogen functional groups attached to an aromatic ring is 1. The van der Waals surface area contributed by atoms with E-state index >= 15 is 0 Å². The predicted octanol–water partition coefficient (Wildman–Crippen LogP) is 2.49. The molecular weight excluding hydrogens is 207 g/mol. The number of anilines is 2. The molecule has 1 aromatic rings. The average Bonchev–Trinajstić information content (AvgIpc) is 1.94. The summed E-state index contributed by atoms with van der Waals surface area (Å²) in [5.41, 5.74) is 8.94. The van der Waals surface area contributed by atoms with Crippen molar-refractivity contribution in [2.24, 2.45) is 0 Å². The van der Waals surface area contributed by atoms with Crippen molar-refractivity contribution < 1.29 is 0 Å². The Morgan fingerprint density at radius 1 is 1.15 bits per heavy atom. The molecule has 0 spiro atoms. The number of aryl methyl sites for hydroxylation is 1. The van der Waals surface area contributed by atoms with Gasteiger partial charge in [-0.2, -0.15) is 0 Å². The van der Waals surface area contributed by atoms with Crippen molar-refractivity contribution >= 4 is 36.2 Å². The highest BCUT2D eigenvalue weighted by molar-refractivity contribution is 5.85. The van der Waals surface area contributed by atoms with Crippen LogP contribution in [0.3, 0.4) is 0 Å². The molecule has 76 valence electrons. The number of nitrogens with two attached hydrogens (primary N) is 1. The van der Waals surface area contributed by atoms with Crippen molar-refractivity contribution in [3.8, 4) is 0 Å². The summed E-state index contributed by atoms with van der Waals surface area (Å²) in [7, 11) is 3.98. The molecule has 0 bridgehead atoms. The number of nitrogens with zero attached hydrogens (tertiary/aromatic N) is 1. The van der Waals surface area contributed by atoms with Gasteiger partial charge in [0.2, 0.25) is 0 Å². The molecule has 0 atom stereocenters. The topological polar surface area (TPSA) is 29.3 Å². The van der Waals surface area contributed by atoms with Crippen molar-refractivity contribution in [1.29, 1.82) is 0 Å². The number of hydrogen-bond acceptors (Lipinski definition) is 2. The quantitative estimate of drug-likeness (QED) is 0.741. The number of hydrogen-bond donors (Lipinski definition) is 1. The maximum atomic E-state index is 5.84. The lowest BCUT2D eigenvalue weighted by molar-refractivity contribution is 1.13. The van der Waals surface area contributed by atoms with Crippen molar-refractivity contribution in [3.63, 3.8) is 0 Å². The Bertz CT molecular complexity index is 262. The molecule has 0 unspecified atom stereocenters. The van der Waals surface area contributed by atoms with E-state index in [9.17, 15) is 0 Å². The normalized spacial score (nSPS) is 8.23. The molecule has 0 saturated carbocycles. The molecule has 0 aliphatic heterocycles. The first-order chi connectivity index (χ1) is 5.13. The Labute approximate surface area is 91.9 Å². The predicted molar refractivity (Wildman–Crippen MR) is 64.4 cm³/mol. The van der Waals surface area contributed by atoms with Crippen LogP contribution in [0.4, 0.5) is 11.4 Å². The van der Waals surface area contributed by atoms with E-state index in [1.165, 1.54) is 0 Å². The fourth-order valence-corrected chi connectivity index (χ4v) is 1.06. The van der Waals surface area contributed by atoms with Crippen molar-refractivity contribution in [2.75, 3.05) is 24.7 Å². The molecule has 0 amide bonds. The van der Waals surface area contributed by atoms with Crippen LogP contribution in [0, 0.1) is 6.92 Å². The second-order valence-corrected chi connectivity index (χ2v) is 2.90. The summed E-state index contributed by atoms with van der Waals surface area (Å²) in [6, 6.07) is 6.05. The first kappa shape index (κ1) is 14.9.